The van der Waals surface area contributed by atoms with Gasteiger partial charge in [-0.1, -0.05) is 41.4 Å². The third-order valence-corrected chi connectivity index (χ3v) is 5.91. The van der Waals surface area contributed by atoms with Crippen LogP contribution in [0.3, 0.4) is 0 Å². The fourth-order valence-electron chi connectivity index (χ4n) is 3.89. The van der Waals surface area contributed by atoms with Gasteiger partial charge in [-0.3, -0.25) is 23.3 Å². The molecule has 7 nitrogen and oxygen atoms in total. The standard InChI is InChI=1S/C22H14Cl2N4O3/c1-26-19-17(21(30)27(2)22(26)31)18-14(20(29)28(19)12-6-4-3-5-7-12)10-13-15(24)8-11(23)9-16(13)25-18/h3-10H,1-2H3. The summed E-state index contributed by atoms with van der Waals surface area (Å²) < 4.78 is 3.64. The Morgan fingerprint density at radius 2 is 1.55 bits per heavy atom. The Balaban J connectivity index is 2.18. The highest BCUT2D eigenvalue weighted by molar-refractivity contribution is 6.38. The minimum absolute atomic E-state index is 0.154. The summed E-state index contributed by atoms with van der Waals surface area (Å²) in [6.45, 7) is 0. The summed E-state index contributed by atoms with van der Waals surface area (Å²) in [5, 5.41) is 1.63. The molecule has 0 atom stereocenters. The van der Waals surface area contributed by atoms with Crippen LogP contribution in [0.5, 0.6) is 0 Å². The van der Waals surface area contributed by atoms with Crippen molar-refractivity contribution in [3.63, 3.8) is 0 Å². The third kappa shape index (κ3) is 2.74. The molecule has 9 heteroatoms. The third-order valence-electron chi connectivity index (χ3n) is 5.38. The second-order valence-electron chi connectivity index (χ2n) is 7.22. The molecule has 0 unspecified atom stereocenters. The van der Waals surface area contributed by atoms with Gasteiger partial charge in [-0.05, 0) is 30.3 Å². The molecule has 0 saturated carbocycles. The van der Waals surface area contributed by atoms with E-state index in [9.17, 15) is 14.4 Å². The number of para-hydroxylation sites is 1. The van der Waals surface area contributed by atoms with Crippen molar-refractivity contribution in [2.24, 2.45) is 14.1 Å². The average Bonchev–Trinajstić information content (AvgIpc) is 2.75. The lowest BCUT2D eigenvalue weighted by Gasteiger charge is -2.16. The summed E-state index contributed by atoms with van der Waals surface area (Å²) in [5.74, 6) is 0. The van der Waals surface area contributed by atoms with Crippen molar-refractivity contribution in [2.75, 3.05) is 0 Å². The number of benzene rings is 2. The first-order chi connectivity index (χ1) is 14.8. The molecule has 154 valence electrons. The fraction of sp³-hybridized carbons (Fsp3) is 0.0909. The van der Waals surface area contributed by atoms with Crippen LogP contribution >= 0.6 is 23.2 Å². The monoisotopic (exact) mass is 452 g/mol. The lowest BCUT2D eigenvalue weighted by molar-refractivity contribution is 0.700. The normalized spacial score (nSPS) is 11.6. The van der Waals surface area contributed by atoms with E-state index in [1.807, 2.05) is 6.07 Å². The Hall–Kier alpha value is -3.42. The second-order valence-corrected chi connectivity index (χ2v) is 8.06. The molecule has 3 heterocycles. The van der Waals surface area contributed by atoms with Gasteiger partial charge in [-0.25, -0.2) is 9.78 Å². The molecular formula is C22H14Cl2N4O3. The quantitative estimate of drug-likeness (QED) is 0.288. The fourth-order valence-corrected chi connectivity index (χ4v) is 4.43. The second kappa shape index (κ2) is 6.80. The number of hydrogen-bond acceptors (Lipinski definition) is 4. The van der Waals surface area contributed by atoms with Crippen LogP contribution < -0.4 is 16.8 Å². The van der Waals surface area contributed by atoms with Crippen molar-refractivity contribution in [2.45, 2.75) is 0 Å². The van der Waals surface area contributed by atoms with Gasteiger partial charge in [0.2, 0.25) is 0 Å². The van der Waals surface area contributed by atoms with E-state index in [1.54, 1.807) is 42.5 Å². The number of aryl methyl sites for hydroxylation is 1. The lowest BCUT2D eigenvalue weighted by atomic mass is 10.1. The van der Waals surface area contributed by atoms with Crippen LogP contribution in [-0.4, -0.2) is 18.7 Å². The number of halogens is 2. The SMILES string of the molecule is Cn1c(=O)c2c3nc4cc(Cl)cc(Cl)c4cc3c(=O)n(-c3ccccc3)c2n(C)c1=O. The molecule has 0 bridgehead atoms. The molecule has 2 aromatic carbocycles. The summed E-state index contributed by atoms with van der Waals surface area (Å²) in [5.41, 5.74) is -0.201. The molecule has 0 saturated heterocycles. The number of nitrogens with zero attached hydrogens (tertiary/aromatic N) is 4. The Morgan fingerprint density at radius 1 is 0.839 bits per heavy atom. The maximum atomic E-state index is 13.7. The molecule has 0 fully saturated rings. The highest BCUT2D eigenvalue weighted by Crippen LogP contribution is 2.30. The first-order valence-corrected chi connectivity index (χ1v) is 10.0. The number of hydrogen-bond donors (Lipinski definition) is 0. The summed E-state index contributed by atoms with van der Waals surface area (Å²) in [6, 6.07) is 13.6. The summed E-state index contributed by atoms with van der Waals surface area (Å²) in [7, 11) is 2.91. The van der Waals surface area contributed by atoms with Gasteiger partial charge >= 0.3 is 5.69 Å². The van der Waals surface area contributed by atoms with Gasteiger partial charge in [0.1, 0.15) is 11.0 Å². The zero-order valence-corrected chi connectivity index (χ0v) is 17.9. The van der Waals surface area contributed by atoms with Crippen LogP contribution in [0, 0.1) is 0 Å². The Labute approximate surface area is 184 Å². The highest BCUT2D eigenvalue weighted by Gasteiger charge is 2.21. The van der Waals surface area contributed by atoms with Gasteiger partial charge in [-0.2, -0.15) is 0 Å². The minimum atomic E-state index is -0.548. The van der Waals surface area contributed by atoms with Gasteiger partial charge < -0.3 is 0 Å². The predicted octanol–water partition coefficient (Wildman–Crippen LogP) is 3.40. The van der Waals surface area contributed by atoms with Crippen molar-refractivity contribution in [1.82, 2.24) is 18.7 Å². The maximum Gasteiger partial charge on any atom is 0.332 e. The topological polar surface area (TPSA) is 78.9 Å². The molecule has 0 aliphatic carbocycles. The lowest BCUT2D eigenvalue weighted by Crippen LogP contribution is -2.39. The summed E-state index contributed by atoms with van der Waals surface area (Å²) in [4.78, 5) is 44.2. The van der Waals surface area contributed by atoms with Crippen LogP contribution in [0.15, 0.2) is 62.9 Å². The first kappa shape index (κ1) is 19.5. The van der Waals surface area contributed by atoms with E-state index in [1.165, 1.54) is 23.2 Å². The Morgan fingerprint density at radius 3 is 2.26 bits per heavy atom. The minimum Gasteiger partial charge on any atom is -0.281 e. The van der Waals surface area contributed by atoms with Crippen LogP contribution in [-0.2, 0) is 14.1 Å². The van der Waals surface area contributed by atoms with Crippen molar-refractivity contribution in [3.8, 4) is 5.69 Å². The van der Waals surface area contributed by atoms with E-state index in [0.29, 0.717) is 26.6 Å². The molecular weight excluding hydrogens is 439 g/mol. The molecule has 0 amide bonds. The predicted molar refractivity (Wildman–Crippen MR) is 123 cm³/mol. The molecule has 5 aromatic rings. The summed E-state index contributed by atoms with van der Waals surface area (Å²) >= 11 is 12.5. The molecule has 31 heavy (non-hydrogen) atoms. The van der Waals surface area contributed by atoms with Gasteiger partial charge in [0.25, 0.3) is 11.1 Å². The van der Waals surface area contributed by atoms with Crippen molar-refractivity contribution < 1.29 is 0 Å². The van der Waals surface area contributed by atoms with Crippen molar-refractivity contribution in [1.29, 1.82) is 0 Å². The van der Waals surface area contributed by atoms with Gasteiger partial charge in [0, 0.05) is 24.5 Å². The van der Waals surface area contributed by atoms with E-state index in [-0.39, 0.29) is 21.9 Å². The smallest absolute Gasteiger partial charge is 0.281 e. The number of aromatic nitrogens is 4. The van der Waals surface area contributed by atoms with Gasteiger partial charge in [0.15, 0.2) is 0 Å². The molecule has 0 N–H and O–H groups in total. The van der Waals surface area contributed by atoms with E-state index in [0.717, 1.165) is 4.57 Å². The van der Waals surface area contributed by atoms with Crippen molar-refractivity contribution in [3.05, 3.63) is 89.8 Å². The molecule has 3 aromatic heterocycles. The van der Waals surface area contributed by atoms with Gasteiger partial charge in [0.05, 0.1) is 27.1 Å². The van der Waals surface area contributed by atoms with E-state index < -0.39 is 16.8 Å². The molecule has 0 aliphatic heterocycles. The van der Waals surface area contributed by atoms with E-state index in [2.05, 4.69) is 4.98 Å². The van der Waals surface area contributed by atoms with Crippen LogP contribution in [0.25, 0.3) is 38.5 Å². The zero-order valence-electron chi connectivity index (χ0n) is 16.4. The molecule has 0 aliphatic rings. The Bertz CT molecular complexity index is 1730. The van der Waals surface area contributed by atoms with Crippen LogP contribution in [0.2, 0.25) is 10.0 Å². The molecule has 5 rings (SSSR count). The largest absolute Gasteiger partial charge is 0.332 e. The number of rotatable bonds is 1. The highest BCUT2D eigenvalue weighted by atomic mass is 35.5. The maximum absolute atomic E-state index is 13.7. The summed E-state index contributed by atoms with van der Waals surface area (Å²) in [6.07, 6.45) is 0. The average molecular weight is 453 g/mol. The zero-order chi connectivity index (χ0) is 22.0. The van der Waals surface area contributed by atoms with Crippen LogP contribution in [0.4, 0.5) is 0 Å². The van der Waals surface area contributed by atoms with E-state index >= 15 is 0 Å². The first-order valence-electron chi connectivity index (χ1n) is 9.29. The number of fused-ring (bicyclic) bond motifs is 4. The van der Waals surface area contributed by atoms with E-state index in [4.69, 9.17) is 23.2 Å². The number of pyridine rings is 2. The Kier molecular flexibility index (Phi) is 4.28. The molecule has 0 spiro atoms. The van der Waals surface area contributed by atoms with Crippen LogP contribution in [0.1, 0.15) is 0 Å². The van der Waals surface area contributed by atoms with Crippen molar-refractivity contribution >= 4 is 56.0 Å². The molecule has 0 radical (unpaired) electrons. The van der Waals surface area contributed by atoms with Gasteiger partial charge in [-0.15, -0.1) is 0 Å².